The molecule has 3 aromatic carbocycles. The summed E-state index contributed by atoms with van der Waals surface area (Å²) in [5.74, 6) is 2.69. The Balaban J connectivity index is 0.716. The Hall–Kier alpha value is -7.56. The van der Waals surface area contributed by atoms with Gasteiger partial charge in [0.1, 0.15) is 11.9 Å². The molecular weight excluding hydrogens is 811 g/mol. The van der Waals surface area contributed by atoms with Crippen molar-refractivity contribution in [3.8, 4) is 40.0 Å². The number of anilines is 4. The minimum Gasteiger partial charge on any atom is -0.496 e. The van der Waals surface area contributed by atoms with Crippen LogP contribution in [-0.4, -0.2) is 92.1 Å². The molecule has 2 aliphatic rings. The monoisotopic (exact) mass is 857 g/mol. The van der Waals surface area contributed by atoms with E-state index in [1.165, 1.54) is 5.56 Å². The number of esters is 1. The highest BCUT2D eigenvalue weighted by Crippen LogP contribution is 2.36. The van der Waals surface area contributed by atoms with Gasteiger partial charge in [-0.25, -0.2) is 19.0 Å². The molecule has 1 aliphatic heterocycles. The molecule has 1 aliphatic carbocycles. The lowest BCUT2D eigenvalue weighted by Crippen LogP contribution is -2.39. The molecule has 0 bridgehead atoms. The predicted molar refractivity (Wildman–Crippen MR) is 243 cm³/mol. The molecular formula is C48H47N11O5. The summed E-state index contributed by atoms with van der Waals surface area (Å²) in [4.78, 5) is 29.0. The number of rotatable bonds is 13. The first-order chi connectivity index (χ1) is 31.3. The number of nitrogens with one attached hydrogen (secondary N) is 2. The van der Waals surface area contributed by atoms with Crippen LogP contribution in [0.5, 0.6) is 17.5 Å². The number of ether oxygens (including phenoxy) is 4. The molecule has 16 heteroatoms. The van der Waals surface area contributed by atoms with Crippen LogP contribution in [0.15, 0.2) is 116 Å². The van der Waals surface area contributed by atoms with E-state index in [9.17, 15) is 4.79 Å². The number of pyridine rings is 1. The van der Waals surface area contributed by atoms with E-state index < -0.39 is 12.1 Å². The summed E-state index contributed by atoms with van der Waals surface area (Å²) in [5.41, 5.74) is 16.8. The third kappa shape index (κ3) is 8.00. The van der Waals surface area contributed by atoms with Crippen LogP contribution < -0.4 is 30.6 Å². The first-order valence-electron chi connectivity index (χ1n) is 21.2. The van der Waals surface area contributed by atoms with Crippen molar-refractivity contribution in [2.75, 3.05) is 51.6 Å². The minimum absolute atomic E-state index is 0.229. The van der Waals surface area contributed by atoms with E-state index in [-0.39, 0.29) is 12.5 Å². The number of carbonyl (C=O) groups is 1. The van der Waals surface area contributed by atoms with Gasteiger partial charge in [-0.2, -0.15) is 4.98 Å². The van der Waals surface area contributed by atoms with Gasteiger partial charge in [-0.3, -0.25) is 9.69 Å². The van der Waals surface area contributed by atoms with E-state index in [0.29, 0.717) is 36.0 Å². The summed E-state index contributed by atoms with van der Waals surface area (Å²) in [6.45, 7) is 1.82. The number of benzene rings is 3. The molecule has 2 atom stereocenters. The molecule has 8 aromatic rings. The summed E-state index contributed by atoms with van der Waals surface area (Å²) in [6.07, 6.45) is 5.55. The summed E-state index contributed by atoms with van der Waals surface area (Å²) in [6, 6.07) is 33.4. The van der Waals surface area contributed by atoms with Crippen molar-refractivity contribution in [3.05, 3.63) is 132 Å². The highest BCUT2D eigenvalue weighted by molar-refractivity contribution is 5.74. The summed E-state index contributed by atoms with van der Waals surface area (Å²) < 4.78 is 26.1. The zero-order valence-electron chi connectivity index (χ0n) is 35.6. The second-order valence-corrected chi connectivity index (χ2v) is 16.0. The van der Waals surface area contributed by atoms with Crippen molar-refractivity contribution in [3.63, 3.8) is 0 Å². The molecule has 5 aromatic heterocycles. The number of aromatic nitrogens is 7. The fraction of sp³-hybridized carbons (Fsp3) is 0.250. The molecule has 64 heavy (non-hydrogen) atoms. The van der Waals surface area contributed by atoms with Gasteiger partial charge >= 0.3 is 5.97 Å². The van der Waals surface area contributed by atoms with Gasteiger partial charge in [0.05, 0.1) is 74.3 Å². The van der Waals surface area contributed by atoms with Crippen LogP contribution in [-0.2, 0) is 16.0 Å². The van der Waals surface area contributed by atoms with Crippen LogP contribution in [0, 0.1) is 0 Å². The van der Waals surface area contributed by atoms with Crippen LogP contribution in [0.4, 0.5) is 23.3 Å². The molecule has 1 fully saturated rings. The number of para-hydroxylation sites is 1. The molecule has 6 heterocycles. The maximum absolute atomic E-state index is 13.3. The number of hydrogen-bond acceptors (Lipinski definition) is 14. The van der Waals surface area contributed by atoms with Crippen molar-refractivity contribution >= 4 is 40.3 Å². The van der Waals surface area contributed by atoms with E-state index in [1.54, 1.807) is 39.8 Å². The quantitative estimate of drug-likeness (QED) is 0.0979. The number of fused-ring (bicyclic) bond motifs is 3. The molecule has 1 saturated heterocycles. The number of nitrogens with two attached hydrogens (primary N) is 1. The van der Waals surface area contributed by atoms with Crippen molar-refractivity contribution in [2.24, 2.45) is 5.73 Å². The third-order valence-corrected chi connectivity index (χ3v) is 12.1. The number of piperidine rings is 1. The van der Waals surface area contributed by atoms with Gasteiger partial charge in [0.2, 0.25) is 23.7 Å². The maximum Gasteiger partial charge on any atom is 0.320 e. The lowest BCUT2D eigenvalue weighted by Gasteiger charge is -2.32. The number of likely N-dealkylation sites (tertiary alicyclic amines) is 1. The Labute approximate surface area is 369 Å². The molecule has 2 unspecified atom stereocenters. The van der Waals surface area contributed by atoms with Crippen molar-refractivity contribution in [2.45, 2.75) is 37.3 Å². The summed E-state index contributed by atoms with van der Waals surface area (Å²) in [5, 5.41) is 16.2. The number of methoxy groups -OCH3 is 3. The maximum atomic E-state index is 13.3. The highest BCUT2D eigenvalue weighted by Gasteiger charge is 2.34. The van der Waals surface area contributed by atoms with E-state index in [2.05, 4.69) is 54.8 Å². The van der Waals surface area contributed by atoms with Gasteiger partial charge < -0.3 is 35.3 Å². The Morgan fingerprint density at radius 2 is 1.41 bits per heavy atom. The van der Waals surface area contributed by atoms with Crippen LogP contribution >= 0.6 is 0 Å². The second kappa shape index (κ2) is 17.3. The Bertz CT molecular complexity index is 2980. The molecule has 16 nitrogen and oxygen atoms in total. The third-order valence-electron chi connectivity index (χ3n) is 12.1. The average Bonchev–Trinajstić information content (AvgIpc) is 4.04. The second-order valence-electron chi connectivity index (χ2n) is 16.0. The van der Waals surface area contributed by atoms with Gasteiger partial charge in [0.25, 0.3) is 0 Å². The lowest BCUT2D eigenvalue weighted by atomic mass is 9.89. The molecule has 0 amide bonds. The largest absolute Gasteiger partial charge is 0.496 e. The molecule has 0 saturated carbocycles. The van der Waals surface area contributed by atoms with Gasteiger partial charge in [0, 0.05) is 29.4 Å². The van der Waals surface area contributed by atoms with Crippen molar-refractivity contribution in [1.29, 1.82) is 0 Å². The summed E-state index contributed by atoms with van der Waals surface area (Å²) >= 11 is 0. The van der Waals surface area contributed by atoms with E-state index in [0.717, 1.165) is 87.7 Å². The van der Waals surface area contributed by atoms with Crippen LogP contribution in [0.25, 0.3) is 33.5 Å². The topological polar surface area (TPSA) is 181 Å². The van der Waals surface area contributed by atoms with E-state index >= 15 is 0 Å². The highest BCUT2D eigenvalue weighted by atomic mass is 16.5. The Morgan fingerprint density at radius 1 is 0.734 bits per heavy atom. The van der Waals surface area contributed by atoms with Crippen molar-refractivity contribution < 1.29 is 23.7 Å². The predicted octanol–water partition coefficient (Wildman–Crippen LogP) is 7.36. The molecule has 0 spiro atoms. The zero-order valence-corrected chi connectivity index (χ0v) is 35.6. The Morgan fingerprint density at radius 3 is 2.09 bits per heavy atom. The van der Waals surface area contributed by atoms with Crippen LogP contribution in [0.1, 0.15) is 41.5 Å². The number of carbonyl (C=O) groups excluding carboxylic acids is 1. The fourth-order valence-electron chi connectivity index (χ4n) is 8.81. The fourth-order valence-corrected chi connectivity index (χ4v) is 8.81. The average molecular weight is 858 g/mol. The normalized spacial score (nSPS) is 16.4. The SMILES string of the molecule is COc1ccc(-c2ccc3cnc(Nc4ccc(C5CCN(CC(=O)OC6Cc7ccc(Nc8ncc9ccc(-c%10ccccc%10OC)n9n8)cc7C6N)CC5)cc4)nn23)c(OC)n1. The molecule has 4 N–H and O–H groups in total. The molecule has 324 valence electrons. The minimum atomic E-state index is -0.448. The van der Waals surface area contributed by atoms with Crippen LogP contribution in [0.2, 0.25) is 0 Å². The van der Waals surface area contributed by atoms with Crippen LogP contribution in [0.3, 0.4) is 0 Å². The number of nitrogens with zero attached hydrogens (tertiary/aromatic N) is 8. The first kappa shape index (κ1) is 40.5. The van der Waals surface area contributed by atoms with Gasteiger partial charge in [-0.05, 0) is 115 Å². The van der Waals surface area contributed by atoms with Crippen molar-refractivity contribution in [1.82, 2.24) is 39.1 Å². The van der Waals surface area contributed by atoms with Gasteiger partial charge in [0.15, 0.2) is 0 Å². The van der Waals surface area contributed by atoms with E-state index in [4.69, 9.17) is 34.9 Å². The molecule has 10 rings (SSSR count). The van der Waals surface area contributed by atoms with E-state index in [1.807, 2.05) is 81.8 Å². The first-order valence-corrected chi connectivity index (χ1v) is 21.2. The van der Waals surface area contributed by atoms with Gasteiger partial charge in [-0.15, -0.1) is 10.2 Å². The lowest BCUT2D eigenvalue weighted by molar-refractivity contribution is -0.151. The zero-order chi connectivity index (χ0) is 43.7. The smallest absolute Gasteiger partial charge is 0.320 e. The molecule has 0 radical (unpaired) electrons. The standard InChI is InChI=1S/C48H47N11O5/c1-61-41-7-5-4-6-36(41)39-17-14-34-26-51-48(56-58(34)39)53-33-13-10-31-24-42(45(49)38(31)25-33)64-44(60)28-57-22-20-30(21-23-57)29-8-11-32(12-9-29)52-47-50-27-35-15-18-40(59(35)55-47)37-16-19-43(62-2)54-46(37)63-3/h4-19,25-27,30,42,45H,20-24,28,49H2,1-3H3,(H,52,55)(H,53,56). The number of hydrogen-bond donors (Lipinski definition) is 3. The van der Waals surface area contributed by atoms with Gasteiger partial charge in [-0.1, -0.05) is 30.3 Å². The Kier molecular flexibility index (Phi) is 11.0. The summed E-state index contributed by atoms with van der Waals surface area (Å²) in [7, 11) is 4.81.